The van der Waals surface area contributed by atoms with Crippen molar-refractivity contribution in [1.82, 2.24) is 0 Å². The average Bonchev–Trinajstić information content (AvgIpc) is 1.65. The first-order chi connectivity index (χ1) is 2.81. The summed E-state index contributed by atoms with van der Waals surface area (Å²) in [6.07, 6.45) is 0.323. The van der Waals surface area contributed by atoms with Crippen molar-refractivity contribution in [2.75, 3.05) is 0 Å². The van der Waals surface area contributed by atoms with Crippen molar-refractivity contribution in [3.05, 3.63) is 0 Å². The second kappa shape index (κ2) is 2.76. The van der Waals surface area contributed by atoms with E-state index in [1.54, 1.807) is 6.92 Å². The molecule has 0 aromatic rings. The number of hydrogen-bond acceptors (Lipinski definition) is 2. The summed E-state index contributed by atoms with van der Waals surface area (Å²) in [5.74, 6) is 0. The van der Waals surface area contributed by atoms with Gasteiger partial charge in [-0.15, -0.1) is 0 Å². The maximum atomic E-state index is 9.81. The molecule has 0 aliphatic carbocycles. The van der Waals surface area contributed by atoms with Crippen LogP contribution in [0.15, 0.2) is 0 Å². The van der Waals surface area contributed by atoms with E-state index in [1.807, 2.05) is 0 Å². The molecule has 0 atom stereocenters. The molecule has 2 nitrogen and oxygen atoms in total. The summed E-state index contributed by atoms with van der Waals surface area (Å²) in [5, 5.41) is 0. The van der Waals surface area contributed by atoms with Crippen molar-refractivity contribution in [3.8, 4) is 0 Å². The Kier molecular flexibility index (Phi) is 2.54. The predicted molar refractivity (Wildman–Crippen MR) is 21.7 cm³/mol. The van der Waals surface area contributed by atoms with Crippen molar-refractivity contribution in [3.63, 3.8) is 0 Å². The summed E-state index contributed by atoms with van der Waals surface area (Å²) in [5.41, 5.74) is -0.338. The van der Waals surface area contributed by atoms with Crippen LogP contribution in [0.2, 0.25) is 0 Å². The molecule has 0 aliphatic rings. The van der Waals surface area contributed by atoms with E-state index >= 15 is 0 Å². The van der Waals surface area contributed by atoms with Gasteiger partial charge < -0.3 is 0 Å². The average molecular weight is 83.9 g/mol. The van der Waals surface area contributed by atoms with Crippen LogP contribution in [-0.2, 0) is 9.50 Å². The van der Waals surface area contributed by atoms with Crippen LogP contribution >= 0.6 is 0 Å². The Labute approximate surface area is 36.8 Å². The Morgan fingerprint density at radius 2 is 2.33 bits per heavy atom. The zero-order chi connectivity index (χ0) is 4.99. The fourth-order valence-electron chi connectivity index (χ4n) is 0.0833. The van der Waals surface area contributed by atoms with E-state index in [9.17, 15) is 9.50 Å². The summed E-state index contributed by atoms with van der Waals surface area (Å²) in [7, 11) is 0.333. The van der Waals surface area contributed by atoms with Crippen LogP contribution in [0.25, 0.3) is 0 Å². The number of hydrogen-bond donors (Lipinski definition) is 0. The fourth-order valence-corrected chi connectivity index (χ4v) is 0.0833. The molecule has 0 fully saturated rings. The summed E-state index contributed by atoms with van der Waals surface area (Å²) >= 11 is 0. The topological polar surface area (TPSA) is 34.1 Å². The monoisotopic (exact) mass is 84.0 g/mol. The number of rotatable bonds is 2. The third kappa shape index (κ3) is 1.82. The molecule has 0 rings (SSSR count). The molecule has 0 saturated carbocycles. The van der Waals surface area contributed by atoms with Crippen LogP contribution < -0.4 is 0 Å². The second-order valence-electron chi connectivity index (χ2n) is 0.938. The van der Waals surface area contributed by atoms with Gasteiger partial charge in [0, 0.05) is 0 Å². The molecular weight excluding hydrogens is 78.8 g/mol. The zero-order valence-corrected chi connectivity index (χ0v) is 3.60. The van der Waals surface area contributed by atoms with Gasteiger partial charge in [0.25, 0.3) is 0 Å². The van der Waals surface area contributed by atoms with E-state index in [2.05, 4.69) is 0 Å². The van der Waals surface area contributed by atoms with Crippen molar-refractivity contribution >= 4 is 12.8 Å². The Morgan fingerprint density at radius 1 is 1.83 bits per heavy atom. The quantitative estimate of drug-likeness (QED) is 0.440. The molecule has 0 bridgehead atoms. The Morgan fingerprint density at radius 3 is 2.33 bits per heavy atom. The molecule has 0 aliphatic heterocycles. The third-order valence-corrected chi connectivity index (χ3v) is 0.480. The third-order valence-electron chi connectivity index (χ3n) is 0.480. The molecule has 0 amide bonds. The molecule has 0 spiro atoms. The maximum absolute atomic E-state index is 9.81. The molecule has 3 heteroatoms. The molecule has 0 N–H and O–H groups in total. The summed E-state index contributed by atoms with van der Waals surface area (Å²) in [6.45, 7) is 1.65. The molecule has 0 aromatic heterocycles. The molecule has 0 heterocycles. The standard InChI is InChI=1S/C3H5BO2/c1-2-3(5)4-6/h2H2,1H3. The van der Waals surface area contributed by atoms with Crippen LogP contribution in [0, 0.1) is 0 Å². The van der Waals surface area contributed by atoms with Crippen molar-refractivity contribution in [2.45, 2.75) is 13.3 Å². The van der Waals surface area contributed by atoms with Gasteiger partial charge in [-0.2, -0.15) is 0 Å². The van der Waals surface area contributed by atoms with E-state index in [1.165, 1.54) is 0 Å². The zero-order valence-electron chi connectivity index (χ0n) is 3.60. The first kappa shape index (κ1) is 5.53. The second-order valence-corrected chi connectivity index (χ2v) is 0.938. The van der Waals surface area contributed by atoms with Crippen LogP contribution in [0.5, 0.6) is 0 Å². The SMILES string of the molecule is CCC(=O)B=O. The van der Waals surface area contributed by atoms with Gasteiger partial charge in [-0.05, 0) is 0 Å². The molecule has 0 unspecified atom stereocenters. The van der Waals surface area contributed by atoms with Crippen LogP contribution in [0.3, 0.4) is 0 Å². The van der Waals surface area contributed by atoms with Crippen molar-refractivity contribution in [2.24, 2.45) is 0 Å². The van der Waals surface area contributed by atoms with Gasteiger partial charge in [-0.3, -0.25) is 0 Å². The van der Waals surface area contributed by atoms with Crippen LogP contribution in [0.4, 0.5) is 0 Å². The van der Waals surface area contributed by atoms with Gasteiger partial charge in [-0.1, -0.05) is 0 Å². The van der Waals surface area contributed by atoms with Crippen LogP contribution in [0.1, 0.15) is 13.3 Å². The molecule has 0 aromatic carbocycles. The summed E-state index contributed by atoms with van der Waals surface area (Å²) in [4.78, 5) is 9.81. The Balaban J connectivity index is 3.23. The van der Waals surface area contributed by atoms with Crippen molar-refractivity contribution in [1.29, 1.82) is 0 Å². The summed E-state index contributed by atoms with van der Waals surface area (Å²) in [6, 6.07) is 0. The number of carbonyl (C=O) groups is 1. The fraction of sp³-hybridized carbons (Fsp3) is 0.667. The normalized spacial score (nSPS) is 6.83. The summed E-state index contributed by atoms with van der Waals surface area (Å²) < 4.78 is 9.39. The van der Waals surface area contributed by atoms with Gasteiger partial charge in [-0.25, -0.2) is 0 Å². The van der Waals surface area contributed by atoms with E-state index < -0.39 is 0 Å². The van der Waals surface area contributed by atoms with Gasteiger partial charge in [0.05, 0.1) is 0 Å². The Bertz CT molecular complexity index is 69.2. The van der Waals surface area contributed by atoms with E-state index in [0.717, 1.165) is 0 Å². The van der Waals surface area contributed by atoms with Gasteiger partial charge in [0.1, 0.15) is 0 Å². The first-order valence-corrected chi connectivity index (χ1v) is 1.79. The Hall–Kier alpha value is -0.465. The van der Waals surface area contributed by atoms with E-state index in [-0.39, 0.29) is 5.68 Å². The van der Waals surface area contributed by atoms with Gasteiger partial charge in [0.2, 0.25) is 0 Å². The molecular formula is C3H5BO2. The minimum absolute atomic E-state index is 0.323. The van der Waals surface area contributed by atoms with Crippen molar-refractivity contribution < 1.29 is 9.50 Å². The molecule has 6 heavy (non-hydrogen) atoms. The van der Waals surface area contributed by atoms with E-state index in [0.29, 0.717) is 13.6 Å². The van der Waals surface area contributed by atoms with E-state index in [4.69, 9.17) is 0 Å². The van der Waals surface area contributed by atoms with Gasteiger partial charge in [0.15, 0.2) is 0 Å². The van der Waals surface area contributed by atoms with Gasteiger partial charge >= 0.3 is 35.7 Å². The molecule has 32 valence electrons. The molecule has 0 saturated heterocycles. The van der Waals surface area contributed by atoms with Crippen LogP contribution in [-0.4, -0.2) is 12.8 Å². The first-order valence-electron chi connectivity index (χ1n) is 1.79. The molecule has 0 radical (unpaired) electrons. The number of carbonyl (C=O) groups excluding carboxylic acids is 1. The minimum atomic E-state index is -0.338. The predicted octanol–water partition coefficient (Wildman–Crippen LogP) is -0.0273.